The zero-order valence-electron chi connectivity index (χ0n) is 16.7. The molecule has 0 bridgehead atoms. The average Bonchev–Trinajstić information content (AvgIpc) is 2.43. The van der Waals surface area contributed by atoms with Crippen LogP contribution < -0.4 is 0 Å². The van der Waals surface area contributed by atoms with E-state index in [1.807, 2.05) is 0 Å². The average molecular weight is 365 g/mol. The molecule has 2 unspecified atom stereocenters. The molecule has 0 aromatic heterocycles. The van der Waals surface area contributed by atoms with E-state index in [0.29, 0.717) is 12.5 Å². The van der Waals surface area contributed by atoms with Crippen molar-refractivity contribution in [2.24, 2.45) is 11.3 Å². The van der Waals surface area contributed by atoms with Gasteiger partial charge in [0.05, 0.1) is 13.2 Å². The Morgan fingerprint density at radius 2 is 1.42 bits per heavy atom. The van der Waals surface area contributed by atoms with Gasteiger partial charge in [0.25, 0.3) is 0 Å². The summed E-state index contributed by atoms with van der Waals surface area (Å²) in [5.74, 6) is 0.470. The summed E-state index contributed by atoms with van der Waals surface area (Å²) in [6, 6.07) is 0. The zero-order chi connectivity index (χ0) is 18.5. The predicted octanol–water partition coefficient (Wildman–Crippen LogP) is 6.72. The maximum atomic E-state index is 11.8. The number of hydrogen-bond acceptors (Lipinski definition) is 3. The van der Waals surface area contributed by atoms with Crippen molar-refractivity contribution in [2.75, 3.05) is 13.2 Å². The molecule has 24 heavy (non-hydrogen) atoms. The third kappa shape index (κ3) is 17.0. The fourth-order valence-electron chi connectivity index (χ4n) is 2.97. The van der Waals surface area contributed by atoms with Crippen molar-refractivity contribution in [1.82, 2.24) is 0 Å². The molecule has 0 rings (SSSR count). The molecule has 5 heteroatoms. The van der Waals surface area contributed by atoms with Crippen LogP contribution in [-0.4, -0.2) is 18.1 Å². The first kappa shape index (κ1) is 24.1. The molecule has 0 aliphatic heterocycles. The maximum absolute atomic E-state index is 11.8. The van der Waals surface area contributed by atoms with Crippen LogP contribution in [0.2, 0.25) is 0 Å². The highest BCUT2D eigenvalue weighted by Crippen LogP contribution is 2.43. The minimum atomic E-state index is -3.87. The van der Waals surface area contributed by atoms with Crippen molar-refractivity contribution < 1.29 is 18.5 Å². The van der Waals surface area contributed by atoms with Crippen LogP contribution in [0.25, 0.3) is 0 Å². The lowest BCUT2D eigenvalue weighted by Crippen LogP contribution is -2.12. The van der Waals surface area contributed by atoms with E-state index in [1.165, 1.54) is 38.5 Å². The van der Waals surface area contributed by atoms with Crippen LogP contribution in [0.1, 0.15) is 98.8 Å². The molecule has 0 heterocycles. The lowest BCUT2D eigenvalue weighted by Gasteiger charge is -2.23. The van der Waals surface area contributed by atoms with E-state index in [9.17, 15) is 9.46 Å². The van der Waals surface area contributed by atoms with Gasteiger partial charge in [0.2, 0.25) is 0 Å². The quantitative estimate of drug-likeness (QED) is 0.259. The van der Waals surface area contributed by atoms with Crippen molar-refractivity contribution in [3.63, 3.8) is 0 Å². The molecule has 0 fully saturated rings. The van der Waals surface area contributed by atoms with Gasteiger partial charge in [-0.15, -0.1) is 0 Å². The second kappa shape index (κ2) is 13.3. The Morgan fingerprint density at radius 3 is 1.96 bits per heavy atom. The molecular formula is C19H41O4P. The van der Waals surface area contributed by atoms with Crippen molar-refractivity contribution >= 4 is 7.82 Å². The third-order valence-electron chi connectivity index (χ3n) is 4.08. The number of unbranched alkanes of at least 4 members (excludes halogenated alkanes) is 7. The molecule has 0 radical (unpaired) electrons. The van der Waals surface area contributed by atoms with Crippen molar-refractivity contribution in [1.29, 1.82) is 0 Å². The Hall–Kier alpha value is 0.110. The van der Waals surface area contributed by atoms with E-state index in [4.69, 9.17) is 9.05 Å². The lowest BCUT2D eigenvalue weighted by atomic mass is 9.84. The van der Waals surface area contributed by atoms with E-state index in [0.717, 1.165) is 25.7 Å². The first-order valence-electron chi connectivity index (χ1n) is 9.78. The zero-order valence-corrected chi connectivity index (χ0v) is 17.6. The largest absolute Gasteiger partial charge is 0.472 e. The van der Waals surface area contributed by atoms with E-state index in [2.05, 4.69) is 34.6 Å². The lowest BCUT2D eigenvalue weighted by molar-refractivity contribution is 0.137. The van der Waals surface area contributed by atoms with E-state index in [-0.39, 0.29) is 12.0 Å². The summed E-state index contributed by atoms with van der Waals surface area (Å²) >= 11 is 0. The van der Waals surface area contributed by atoms with Crippen LogP contribution in [0.15, 0.2) is 0 Å². The Labute approximate surface area is 150 Å². The van der Waals surface area contributed by atoms with Gasteiger partial charge < -0.3 is 4.89 Å². The van der Waals surface area contributed by atoms with Gasteiger partial charge in [0, 0.05) is 0 Å². The molecule has 2 atom stereocenters. The molecule has 0 amide bonds. The Kier molecular flexibility index (Phi) is 13.4. The minimum Gasteiger partial charge on any atom is -0.302 e. The highest BCUT2D eigenvalue weighted by Gasteiger charge is 2.21. The van der Waals surface area contributed by atoms with Crippen LogP contribution >= 0.6 is 7.82 Å². The van der Waals surface area contributed by atoms with Crippen molar-refractivity contribution in [2.45, 2.75) is 98.8 Å². The number of hydrogen-bond donors (Lipinski definition) is 1. The second-order valence-corrected chi connectivity index (χ2v) is 9.72. The van der Waals surface area contributed by atoms with Gasteiger partial charge in [-0.05, 0) is 30.6 Å². The second-order valence-electron chi connectivity index (χ2n) is 8.27. The number of rotatable bonds is 15. The fraction of sp³-hybridized carbons (Fsp3) is 1.00. The number of phosphoric acid groups is 1. The summed E-state index contributed by atoms with van der Waals surface area (Å²) in [6.07, 6.45) is 11.4. The summed E-state index contributed by atoms with van der Waals surface area (Å²) in [4.78, 5) is 9.67. The summed E-state index contributed by atoms with van der Waals surface area (Å²) in [5, 5.41) is 0. The molecule has 0 saturated carbocycles. The van der Waals surface area contributed by atoms with Crippen LogP contribution in [-0.2, 0) is 13.6 Å². The number of phosphoric ester groups is 1. The van der Waals surface area contributed by atoms with Gasteiger partial charge in [0.15, 0.2) is 0 Å². The molecule has 0 spiro atoms. The molecule has 0 aromatic rings. The minimum absolute atomic E-state index is 0.273. The van der Waals surface area contributed by atoms with Crippen molar-refractivity contribution in [3.8, 4) is 0 Å². The smallest absolute Gasteiger partial charge is 0.302 e. The fourth-order valence-corrected chi connectivity index (χ4v) is 3.74. The Morgan fingerprint density at radius 1 is 0.917 bits per heavy atom. The highest BCUT2D eigenvalue weighted by atomic mass is 31.2. The standard InChI is InChI=1S/C19H41O4P/c1-6-7-8-9-10-11-12-13-15-22-24(20,21)23-16-14-18(2)17-19(3,4)5/h18H,6-17H2,1-5H3,(H,20,21). The first-order chi connectivity index (χ1) is 11.2. The summed E-state index contributed by atoms with van der Waals surface area (Å²) in [6.45, 7) is 11.6. The SMILES string of the molecule is CCCCCCCCCCOP(=O)(O)OCCC(C)CC(C)(C)C. The molecule has 0 aromatic carbocycles. The van der Waals surface area contributed by atoms with Crippen LogP contribution in [0.5, 0.6) is 0 Å². The molecular weight excluding hydrogens is 323 g/mol. The molecule has 0 aliphatic rings. The topological polar surface area (TPSA) is 55.8 Å². The van der Waals surface area contributed by atoms with Gasteiger partial charge in [-0.1, -0.05) is 79.6 Å². The summed E-state index contributed by atoms with van der Waals surface area (Å²) in [5.41, 5.74) is 0.273. The molecule has 0 aliphatic carbocycles. The van der Waals surface area contributed by atoms with Gasteiger partial charge in [0.1, 0.15) is 0 Å². The van der Waals surface area contributed by atoms with Crippen molar-refractivity contribution in [3.05, 3.63) is 0 Å². The Bertz CT molecular complexity index is 339. The van der Waals surface area contributed by atoms with Gasteiger partial charge in [-0.3, -0.25) is 9.05 Å². The van der Waals surface area contributed by atoms with Crippen LogP contribution in [0, 0.1) is 11.3 Å². The summed E-state index contributed by atoms with van der Waals surface area (Å²) < 4.78 is 21.9. The van der Waals surface area contributed by atoms with Gasteiger partial charge >= 0.3 is 7.82 Å². The van der Waals surface area contributed by atoms with Crippen LogP contribution in [0.3, 0.4) is 0 Å². The van der Waals surface area contributed by atoms with E-state index >= 15 is 0 Å². The predicted molar refractivity (Wildman–Crippen MR) is 102 cm³/mol. The molecule has 0 saturated heterocycles. The van der Waals surface area contributed by atoms with Gasteiger partial charge in [-0.2, -0.15) is 0 Å². The third-order valence-corrected chi connectivity index (χ3v) is 5.10. The highest BCUT2D eigenvalue weighted by molar-refractivity contribution is 7.47. The molecule has 1 N–H and O–H groups in total. The normalized spacial score (nSPS) is 16.1. The maximum Gasteiger partial charge on any atom is 0.472 e. The molecule has 4 nitrogen and oxygen atoms in total. The molecule has 146 valence electrons. The first-order valence-corrected chi connectivity index (χ1v) is 11.3. The summed E-state index contributed by atoms with van der Waals surface area (Å²) in [7, 11) is -3.87. The van der Waals surface area contributed by atoms with E-state index in [1.54, 1.807) is 0 Å². The Balaban J connectivity index is 3.60. The van der Waals surface area contributed by atoms with Crippen LogP contribution in [0.4, 0.5) is 0 Å². The van der Waals surface area contributed by atoms with E-state index < -0.39 is 7.82 Å². The monoisotopic (exact) mass is 364 g/mol. The van der Waals surface area contributed by atoms with Gasteiger partial charge in [-0.25, -0.2) is 4.57 Å².